The highest BCUT2D eigenvalue weighted by molar-refractivity contribution is 7.90. The lowest BCUT2D eigenvalue weighted by Gasteiger charge is -2.00. The topological polar surface area (TPSA) is 68.5 Å². The summed E-state index contributed by atoms with van der Waals surface area (Å²) in [4.78, 5) is 17.6. The average molecular weight is 396 g/mol. The van der Waals surface area contributed by atoms with Gasteiger partial charge in [0.2, 0.25) is 0 Å². The highest BCUT2D eigenvalue weighted by Gasteiger charge is 2.11. The smallest absolute Gasteiger partial charge is 0.279 e. The molecular weight excluding hydrogens is 380 g/mol. The van der Waals surface area contributed by atoms with E-state index in [0.717, 1.165) is 27.2 Å². The summed E-state index contributed by atoms with van der Waals surface area (Å²) >= 11 is 1.46. The van der Waals surface area contributed by atoms with Crippen LogP contribution in [0.25, 0.3) is 21.0 Å². The first-order valence-electron chi connectivity index (χ1n) is 8.21. The lowest BCUT2D eigenvalue weighted by Crippen LogP contribution is -2.13. The summed E-state index contributed by atoms with van der Waals surface area (Å²) in [6.45, 7) is 0. The first-order chi connectivity index (χ1) is 12.8. The van der Waals surface area contributed by atoms with Crippen LogP contribution in [-0.2, 0) is 16.9 Å². The van der Waals surface area contributed by atoms with Crippen molar-refractivity contribution in [3.05, 3.63) is 71.0 Å². The Hall–Kier alpha value is -2.77. The fraction of sp³-hybridized carbons (Fsp3) is 0.100. The standard InChI is InChI=1S/C20H16N2O3S2/c1-22-17-12-9-13-5-3-4-6-16(13)18(17)26-20(22)21-19(23)14-7-10-15(11-8-14)27(2,24)25/h3-12H,1-2H3. The number of hydrogen-bond acceptors (Lipinski definition) is 4. The summed E-state index contributed by atoms with van der Waals surface area (Å²) in [5, 5.41) is 2.27. The Bertz CT molecular complexity index is 1360. The summed E-state index contributed by atoms with van der Waals surface area (Å²) in [6, 6.07) is 18.0. The summed E-state index contributed by atoms with van der Waals surface area (Å²) in [5.41, 5.74) is 1.36. The van der Waals surface area contributed by atoms with Crippen LogP contribution in [-0.4, -0.2) is 25.1 Å². The minimum atomic E-state index is -3.29. The van der Waals surface area contributed by atoms with Gasteiger partial charge >= 0.3 is 0 Å². The maximum Gasteiger partial charge on any atom is 0.279 e. The van der Waals surface area contributed by atoms with Gasteiger partial charge < -0.3 is 4.57 Å². The molecule has 0 fully saturated rings. The number of amides is 1. The first kappa shape index (κ1) is 17.6. The van der Waals surface area contributed by atoms with Crippen LogP contribution in [0, 0.1) is 0 Å². The fourth-order valence-electron chi connectivity index (χ4n) is 2.96. The van der Waals surface area contributed by atoms with Crippen LogP contribution in [0.5, 0.6) is 0 Å². The van der Waals surface area contributed by atoms with Gasteiger partial charge in [-0.1, -0.05) is 41.7 Å². The van der Waals surface area contributed by atoms with Crippen molar-refractivity contribution in [1.82, 2.24) is 4.57 Å². The maximum atomic E-state index is 12.5. The van der Waals surface area contributed by atoms with E-state index in [9.17, 15) is 13.2 Å². The number of aromatic nitrogens is 1. The number of sulfone groups is 1. The molecule has 0 radical (unpaired) electrons. The highest BCUT2D eigenvalue weighted by atomic mass is 32.2. The van der Waals surface area contributed by atoms with Gasteiger partial charge in [0.05, 0.1) is 15.1 Å². The molecule has 1 aromatic heterocycles. The second-order valence-corrected chi connectivity index (χ2v) is 9.29. The van der Waals surface area contributed by atoms with Crippen molar-refractivity contribution in [2.45, 2.75) is 4.90 Å². The second kappa shape index (κ2) is 6.44. The largest absolute Gasteiger partial charge is 0.319 e. The van der Waals surface area contributed by atoms with E-state index in [4.69, 9.17) is 0 Å². The lowest BCUT2D eigenvalue weighted by atomic mass is 10.1. The van der Waals surface area contributed by atoms with Crippen LogP contribution in [0.4, 0.5) is 0 Å². The number of carbonyl (C=O) groups excluding carboxylic acids is 1. The molecular formula is C20H16N2O3S2. The molecule has 0 N–H and O–H groups in total. The molecule has 27 heavy (non-hydrogen) atoms. The van der Waals surface area contributed by atoms with Gasteiger partial charge in [-0.3, -0.25) is 4.79 Å². The SMILES string of the molecule is Cn1c(=NC(=O)c2ccc(S(C)(=O)=O)cc2)sc2c3ccccc3ccc21. The van der Waals surface area contributed by atoms with Gasteiger partial charge in [-0.25, -0.2) is 8.42 Å². The Kier molecular flexibility index (Phi) is 4.20. The van der Waals surface area contributed by atoms with Gasteiger partial charge in [-0.15, -0.1) is 0 Å². The molecule has 0 bridgehead atoms. The number of thiazole rings is 1. The average Bonchev–Trinajstić information content (AvgIpc) is 2.97. The van der Waals surface area contributed by atoms with Crippen molar-refractivity contribution in [3.63, 3.8) is 0 Å². The minimum absolute atomic E-state index is 0.179. The molecule has 4 rings (SSSR count). The molecule has 1 heterocycles. The van der Waals surface area contributed by atoms with Crippen molar-refractivity contribution >= 4 is 48.1 Å². The van der Waals surface area contributed by atoms with Gasteiger partial charge in [-0.05, 0) is 35.7 Å². The Morgan fingerprint density at radius 3 is 2.41 bits per heavy atom. The Morgan fingerprint density at radius 1 is 1.00 bits per heavy atom. The van der Waals surface area contributed by atoms with Gasteiger partial charge in [0.15, 0.2) is 14.6 Å². The molecule has 5 nitrogen and oxygen atoms in total. The van der Waals surface area contributed by atoms with Crippen molar-refractivity contribution in [2.75, 3.05) is 6.26 Å². The molecule has 136 valence electrons. The van der Waals surface area contributed by atoms with Crippen molar-refractivity contribution in [3.8, 4) is 0 Å². The number of hydrogen-bond donors (Lipinski definition) is 0. The third-order valence-corrected chi connectivity index (χ3v) is 6.74. The van der Waals surface area contributed by atoms with Crippen LogP contribution in [0.3, 0.4) is 0 Å². The fourth-order valence-corrected chi connectivity index (χ4v) is 4.74. The van der Waals surface area contributed by atoms with E-state index < -0.39 is 15.7 Å². The second-order valence-electron chi connectivity index (χ2n) is 6.29. The summed E-state index contributed by atoms with van der Waals surface area (Å²) in [6.07, 6.45) is 1.13. The van der Waals surface area contributed by atoms with Gasteiger partial charge in [-0.2, -0.15) is 4.99 Å². The quantitative estimate of drug-likeness (QED) is 0.520. The molecule has 1 amide bonds. The predicted octanol–water partition coefficient (Wildman–Crippen LogP) is 3.54. The number of fused-ring (bicyclic) bond motifs is 3. The zero-order valence-corrected chi connectivity index (χ0v) is 16.3. The molecule has 0 unspecified atom stereocenters. The molecule has 3 aromatic carbocycles. The van der Waals surface area contributed by atoms with Gasteiger partial charge in [0.1, 0.15) is 0 Å². The van der Waals surface area contributed by atoms with E-state index in [0.29, 0.717) is 10.4 Å². The number of carbonyl (C=O) groups is 1. The summed E-state index contributed by atoms with van der Waals surface area (Å²) in [7, 11) is -1.41. The molecule has 0 spiro atoms. The molecule has 0 aliphatic carbocycles. The molecule has 0 aliphatic heterocycles. The van der Waals surface area contributed by atoms with Crippen LogP contribution < -0.4 is 4.80 Å². The van der Waals surface area contributed by atoms with Crippen LogP contribution in [0.2, 0.25) is 0 Å². The highest BCUT2D eigenvalue weighted by Crippen LogP contribution is 2.27. The molecule has 7 heteroatoms. The van der Waals surface area contributed by atoms with Crippen LogP contribution >= 0.6 is 11.3 Å². The van der Waals surface area contributed by atoms with E-state index in [-0.39, 0.29) is 4.90 Å². The first-order valence-corrected chi connectivity index (χ1v) is 10.9. The van der Waals surface area contributed by atoms with Crippen molar-refractivity contribution in [2.24, 2.45) is 12.0 Å². The number of aryl methyl sites for hydroxylation is 1. The summed E-state index contributed by atoms with van der Waals surface area (Å²) < 4.78 is 26.1. The zero-order valence-electron chi connectivity index (χ0n) is 14.7. The third-order valence-electron chi connectivity index (χ3n) is 4.43. The maximum absolute atomic E-state index is 12.5. The Balaban J connectivity index is 1.81. The van der Waals surface area contributed by atoms with Crippen LogP contribution in [0.1, 0.15) is 10.4 Å². The molecule has 0 aliphatic rings. The zero-order chi connectivity index (χ0) is 19.2. The van der Waals surface area contributed by atoms with Crippen molar-refractivity contribution < 1.29 is 13.2 Å². The predicted molar refractivity (Wildman–Crippen MR) is 108 cm³/mol. The molecule has 0 saturated carbocycles. The van der Waals surface area contributed by atoms with E-state index >= 15 is 0 Å². The Morgan fingerprint density at radius 2 is 1.70 bits per heavy atom. The normalized spacial score (nSPS) is 12.7. The lowest BCUT2D eigenvalue weighted by molar-refractivity contribution is 0.0998. The van der Waals surface area contributed by atoms with E-state index in [1.54, 1.807) is 0 Å². The minimum Gasteiger partial charge on any atom is -0.319 e. The monoisotopic (exact) mass is 396 g/mol. The molecule has 0 atom stereocenters. The number of nitrogens with zero attached hydrogens (tertiary/aromatic N) is 2. The van der Waals surface area contributed by atoms with E-state index in [1.165, 1.54) is 35.6 Å². The molecule has 4 aromatic rings. The third kappa shape index (κ3) is 3.20. The Labute approximate surface area is 160 Å². The van der Waals surface area contributed by atoms with E-state index in [2.05, 4.69) is 23.2 Å². The van der Waals surface area contributed by atoms with Gasteiger partial charge in [0, 0.05) is 24.3 Å². The van der Waals surface area contributed by atoms with Gasteiger partial charge in [0.25, 0.3) is 5.91 Å². The van der Waals surface area contributed by atoms with E-state index in [1.807, 2.05) is 29.8 Å². The van der Waals surface area contributed by atoms with Crippen LogP contribution in [0.15, 0.2) is 70.6 Å². The summed E-state index contributed by atoms with van der Waals surface area (Å²) in [5.74, 6) is -0.401. The number of rotatable bonds is 2. The number of benzene rings is 3. The molecule has 0 saturated heterocycles. The van der Waals surface area contributed by atoms with Crippen molar-refractivity contribution in [1.29, 1.82) is 0 Å².